The van der Waals surface area contributed by atoms with Gasteiger partial charge in [-0.25, -0.2) is 17.7 Å². The maximum atomic E-state index is 12.2. The normalized spacial score (nSPS) is 12.1. The molecule has 3 aromatic rings. The summed E-state index contributed by atoms with van der Waals surface area (Å²) < 4.78 is 25.6. The van der Waals surface area contributed by atoms with E-state index in [2.05, 4.69) is 9.97 Å². The molecule has 0 atom stereocenters. The van der Waals surface area contributed by atoms with Gasteiger partial charge in [0.1, 0.15) is 5.65 Å². The van der Waals surface area contributed by atoms with Crippen LogP contribution in [0.4, 0.5) is 0 Å². The molecular formula is C15H15N3O2S. The van der Waals surface area contributed by atoms with Gasteiger partial charge in [-0.2, -0.15) is 0 Å². The first-order chi connectivity index (χ1) is 9.98. The fraction of sp³-hybridized carbons (Fsp3) is 0.133. The molecule has 2 heterocycles. The second kappa shape index (κ2) is 4.98. The van der Waals surface area contributed by atoms with E-state index in [0.29, 0.717) is 0 Å². The Morgan fingerprint density at radius 1 is 1.10 bits per heavy atom. The Labute approximate surface area is 123 Å². The van der Waals surface area contributed by atoms with Crippen molar-refractivity contribution in [1.29, 1.82) is 0 Å². The highest BCUT2D eigenvalue weighted by molar-refractivity contribution is 7.89. The summed E-state index contributed by atoms with van der Waals surface area (Å²) in [6.45, 7) is 0. The molecule has 1 aromatic carbocycles. The third-order valence-electron chi connectivity index (χ3n) is 3.35. The predicted molar refractivity (Wildman–Crippen MR) is 82.4 cm³/mol. The van der Waals surface area contributed by atoms with Gasteiger partial charge in [0, 0.05) is 37.4 Å². The fourth-order valence-electron chi connectivity index (χ4n) is 2.14. The molecule has 0 saturated carbocycles. The van der Waals surface area contributed by atoms with E-state index < -0.39 is 10.0 Å². The SMILES string of the molecule is CN(C)S(=O)(=O)c1cccc(-c2cnc3[nH]ccc3c2)c1. The van der Waals surface area contributed by atoms with Crippen molar-refractivity contribution in [2.45, 2.75) is 4.90 Å². The van der Waals surface area contributed by atoms with E-state index in [9.17, 15) is 8.42 Å². The number of hydrogen-bond donors (Lipinski definition) is 1. The number of nitrogens with one attached hydrogen (secondary N) is 1. The minimum atomic E-state index is -3.43. The second-order valence-corrected chi connectivity index (χ2v) is 7.11. The average molecular weight is 301 g/mol. The van der Waals surface area contributed by atoms with Gasteiger partial charge >= 0.3 is 0 Å². The zero-order chi connectivity index (χ0) is 15.0. The minimum Gasteiger partial charge on any atom is -0.346 e. The van der Waals surface area contributed by atoms with Crippen molar-refractivity contribution in [1.82, 2.24) is 14.3 Å². The summed E-state index contributed by atoms with van der Waals surface area (Å²) >= 11 is 0. The van der Waals surface area contributed by atoms with Gasteiger partial charge in [0.25, 0.3) is 0 Å². The molecular weight excluding hydrogens is 286 g/mol. The summed E-state index contributed by atoms with van der Waals surface area (Å²) in [7, 11) is -0.386. The Bertz CT molecular complexity index is 898. The first kappa shape index (κ1) is 13.8. The van der Waals surface area contributed by atoms with Crippen molar-refractivity contribution in [3.05, 3.63) is 48.8 Å². The summed E-state index contributed by atoms with van der Waals surface area (Å²) in [5.74, 6) is 0. The number of rotatable bonds is 3. The summed E-state index contributed by atoms with van der Waals surface area (Å²) in [6, 6.07) is 10.8. The van der Waals surface area contributed by atoms with E-state index >= 15 is 0 Å². The predicted octanol–water partition coefficient (Wildman–Crippen LogP) is 2.48. The van der Waals surface area contributed by atoms with E-state index in [1.807, 2.05) is 24.4 Å². The molecule has 0 fully saturated rings. The smallest absolute Gasteiger partial charge is 0.242 e. The summed E-state index contributed by atoms with van der Waals surface area (Å²) in [4.78, 5) is 7.64. The number of nitrogens with zero attached hydrogens (tertiary/aromatic N) is 2. The lowest BCUT2D eigenvalue weighted by atomic mass is 10.1. The first-order valence-corrected chi connectivity index (χ1v) is 7.88. The zero-order valence-corrected chi connectivity index (χ0v) is 12.6. The molecule has 1 N–H and O–H groups in total. The number of pyridine rings is 1. The van der Waals surface area contributed by atoms with Gasteiger partial charge in [-0.3, -0.25) is 0 Å². The van der Waals surface area contributed by atoms with Crippen molar-refractivity contribution < 1.29 is 8.42 Å². The van der Waals surface area contributed by atoms with Gasteiger partial charge in [-0.05, 0) is 29.8 Å². The maximum Gasteiger partial charge on any atom is 0.242 e. The molecule has 108 valence electrons. The van der Waals surface area contributed by atoms with E-state index in [-0.39, 0.29) is 4.90 Å². The van der Waals surface area contributed by atoms with E-state index in [0.717, 1.165) is 22.2 Å². The molecule has 2 aromatic heterocycles. The average Bonchev–Trinajstić information content (AvgIpc) is 2.94. The van der Waals surface area contributed by atoms with Crippen molar-refractivity contribution in [2.24, 2.45) is 0 Å². The lowest BCUT2D eigenvalue weighted by molar-refractivity contribution is 0.521. The molecule has 0 aliphatic heterocycles. The Balaban J connectivity index is 2.11. The number of aromatic nitrogens is 2. The minimum absolute atomic E-state index is 0.277. The number of benzene rings is 1. The molecule has 0 amide bonds. The summed E-state index contributed by atoms with van der Waals surface area (Å²) in [5.41, 5.74) is 2.53. The van der Waals surface area contributed by atoms with Crippen LogP contribution in [0.1, 0.15) is 0 Å². The van der Waals surface area contributed by atoms with Crippen LogP contribution in [-0.2, 0) is 10.0 Å². The monoisotopic (exact) mass is 301 g/mol. The molecule has 0 aliphatic carbocycles. The Morgan fingerprint density at radius 2 is 1.90 bits per heavy atom. The van der Waals surface area contributed by atoms with Crippen LogP contribution in [0.2, 0.25) is 0 Å². The van der Waals surface area contributed by atoms with E-state index in [1.165, 1.54) is 18.4 Å². The van der Waals surface area contributed by atoms with Gasteiger partial charge < -0.3 is 4.98 Å². The molecule has 0 aliphatic rings. The lowest BCUT2D eigenvalue weighted by Gasteiger charge is -2.12. The highest BCUT2D eigenvalue weighted by Gasteiger charge is 2.17. The molecule has 3 rings (SSSR count). The molecule has 5 nitrogen and oxygen atoms in total. The maximum absolute atomic E-state index is 12.2. The van der Waals surface area contributed by atoms with Gasteiger partial charge in [0.05, 0.1) is 4.90 Å². The quantitative estimate of drug-likeness (QED) is 0.808. The summed E-state index contributed by atoms with van der Waals surface area (Å²) in [6.07, 6.45) is 3.56. The third-order valence-corrected chi connectivity index (χ3v) is 5.16. The number of hydrogen-bond acceptors (Lipinski definition) is 3. The first-order valence-electron chi connectivity index (χ1n) is 6.44. The van der Waals surface area contributed by atoms with Crippen molar-refractivity contribution in [3.8, 4) is 11.1 Å². The van der Waals surface area contributed by atoms with Crippen LogP contribution in [0.3, 0.4) is 0 Å². The van der Waals surface area contributed by atoms with Crippen LogP contribution in [0.5, 0.6) is 0 Å². The number of fused-ring (bicyclic) bond motifs is 1. The molecule has 0 bridgehead atoms. The molecule has 0 saturated heterocycles. The molecule has 0 unspecified atom stereocenters. The van der Waals surface area contributed by atoms with Crippen LogP contribution < -0.4 is 0 Å². The zero-order valence-electron chi connectivity index (χ0n) is 11.7. The second-order valence-electron chi connectivity index (χ2n) is 4.95. The van der Waals surface area contributed by atoms with Gasteiger partial charge in [-0.15, -0.1) is 0 Å². The fourth-order valence-corrected chi connectivity index (χ4v) is 3.09. The summed E-state index contributed by atoms with van der Waals surface area (Å²) in [5, 5.41) is 0.994. The number of sulfonamides is 1. The molecule has 0 spiro atoms. The van der Waals surface area contributed by atoms with Crippen molar-refractivity contribution in [2.75, 3.05) is 14.1 Å². The van der Waals surface area contributed by atoms with Crippen LogP contribution in [0.25, 0.3) is 22.2 Å². The van der Waals surface area contributed by atoms with E-state index in [1.54, 1.807) is 24.4 Å². The molecule has 0 radical (unpaired) electrons. The van der Waals surface area contributed by atoms with Crippen LogP contribution in [0.15, 0.2) is 53.7 Å². The van der Waals surface area contributed by atoms with Crippen LogP contribution in [0, 0.1) is 0 Å². The van der Waals surface area contributed by atoms with Crippen molar-refractivity contribution in [3.63, 3.8) is 0 Å². The largest absolute Gasteiger partial charge is 0.346 e. The Kier molecular flexibility index (Phi) is 3.27. The van der Waals surface area contributed by atoms with Gasteiger partial charge in [-0.1, -0.05) is 12.1 Å². The highest BCUT2D eigenvalue weighted by atomic mass is 32.2. The van der Waals surface area contributed by atoms with Crippen LogP contribution in [-0.4, -0.2) is 36.8 Å². The topological polar surface area (TPSA) is 66.1 Å². The van der Waals surface area contributed by atoms with Gasteiger partial charge in [0.15, 0.2) is 0 Å². The molecule has 6 heteroatoms. The lowest BCUT2D eigenvalue weighted by Crippen LogP contribution is -2.22. The molecule has 21 heavy (non-hydrogen) atoms. The highest BCUT2D eigenvalue weighted by Crippen LogP contribution is 2.25. The van der Waals surface area contributed by atoms with E-state index in [4.69, 9.17) is 0 Å². The van der Waals surface area contributed by atoms with Crippen LogP contribution >= 0.6 is 0 Å². The Morgan fingerprint density at radius 3 is 2.67 bits per heavy atom. The standard InChI is InChI=1S/C15H15N3O2S/c1-18(2)21(19,20)14-5-3-4-11(9-14)13-8-12-6-7-16-15(12)17-10-13/h3-10H,1-2H3,(H,16,17). The third kappa shape index (κ3) is 2.43. The number of H-pyrrole nitrogens is 1. The Hall–Kier alpha value is -2.18. The van der Waals surface area contributed by atoms with Crippen molar-refractivity contribution >= 4 is 21.1 Å². The number of aromatic amines is 1. The van der Waals surface area contributed by atoms with Gasteiger partial charge in [0.2, 0.25) is 10.0 Å².